The molecule has 0 atom stereocenters. The van der Waals surface area contributed by atoms with E-state index in [4.69, 9.17) is 0 Å². The molecule has 2 nitrogen and oxygen atoms in total. The number of Topliss-reactive ketones (excluding diaryl/α,β-unsaturated/α-hetero) is 1. The van der Waals surface area contributed by atoms with Gasteiger partial charge in [-0.05, 0) is 24.1 Å². The van der Waals surface area contributed by atoms with Crippen LogP contribution in [0.4, 0.5) is 0 Å². The highest BCUT2D eigenvalue weighted by molar-refractivity contribution is 5.94. The van der Waals surface area contributed by atoms with Gasteiger partial charge < -0.3 is 4.57 Å². The van der Waals surface area contributed by atoms with Gasteiger partial charge in [-0.25, -0.2) is 0 Å². The number of carbonyl (C=O) groups is 1. The van der Waals surface area contributed by atoms with E-state index >= 15 is 0 Å². The summed E-state index contributed by atoms with van der Waals surface area (Å²) < 4.78 is 2.08. The predicted octanol–water partition coefficient (Wildman–Crippen LogP) is 2.87. The number of nitrogens with zero attached hydrogens (tertiary/aromatic N) is 1. The molecule has 0 spiro atoms. The first-order valence-electron chi connectivity index (χ1n) is 5.31. The fourth-order valence-corrected chi connectivity index (χ4v) is 1.92. The van der Waals surface area contributed by atoms with Gasteiger partial charge in [0.15, 0.2) is 5.78 Å². The van der Waals surface area contributed by atoms with Gasteiger partial charge in [-0.15, -0.1) is 0 Å². The number of hydrogen-bond donors (Lipinski definition) is 0. The van der Waals surface area contributed by atoms with Gasteiger partial charge >= 0.3 is 0 Å². The summed E-state index contributed by atoms with van der Waals surface area (Å²) in [7, 11) is 2.02. The van der Waals surface area contributed by atoms with E-state index in [9.17, 15) is 4.79 Å². The van der Waals surface area contributed by atoms with E-state index in [0.29, 0.717) is 12.0 Å². The van der Waals surface area contributed by atoms with Gasteiger partial charge in [0.2, 0.25) is 0 Å². The molecule has 2 rings (SSSR count). The van der Waals surface area contributed by atoms with Crippen LogP contribution in [0.5, 0.6) is 0 Å². The number of allylic oxidation sites excluding steroid dienone is 1. The van der Waals surface area contributed by atoms with Crippen LogP contribution in [0.1, 0.15) is 12.5 Å². The number of ketones is 1. The van der Waals surface area contributed by atoms with Crippen molar-refractivity contribution in [3.63, 3.8) is 0 Å². The van der Waals surface area contributed by atoms with Crippen molar-refractivity contribution in [3.05, 3.63) is 48.2 Å². The van der Waals surface area contributed by atoms with Gasteiger partial charge in [0, 0.05) is 30.6 Å². The molecule has 1 aromatic heterocycles. The fourth-order valence-electron chi connectivity index (χ4n) is 1.92. The topological polar surface area (TPSA) is 22.0 Å². The van der Waals surface area contributed by atoms with Crippen LogP contribution < -0.4 is 0 Å². The minimum atomic E-state index is 0.0629. The lowest BCUT2D eigenvalue weighted by Gasteiger charge is -1.99. The number of fused-ring (bicyclic) bond motifs is 1. The normalized spacial score (nSPS) is 10.6. The number of aryl methyl sites for hydroxylation is 1. The van der Waals surface area contributed by atoms with Crippen molar-refractivity contribution in [2.24, 2.45) is 7.05 Å². The molecule has 0 unspecified atom stereocenters. The van der Waals surface area contributed by atoms with Crippen molar-refractivity contribution in [2.75, 3.05) is 0 Å². The molecule has 1 aromatic carbocycles. The fraction of sp³-hybridized carbons (Fsp3) is 0.214. The molecule has 0 N–H and O–H groups in total. The van der Waals surface area contributed by atoms with Crippen molar-refractivity contribution < 1.29 is 4.79 Å². The standard InChI is InChI=1S/C14H15NO/c1-10(11(2)16)8-12-9-15(3)14-7-5-4-6-13(12)14/h4-7,9H,1,8H2,2-3H3. The van der Waals surface area contributed by atoms with Gasteiger partial charge in [0.05, 0.1) is 0 Å². The molecule has 1 heterocycles. The van der Waals surface area contributed by atoms with Gasteiger partial charge in [0.1, 0.15) is 0 Å². The molecule has 0 saturated heterocycles. The molecule has 0 fully saturated rings. The van der Waals surface area contributed by atoms with Crippen LogP contribution in [-0.2, 0) is 18.3 Å². The second-order valence-electron chi connectivity index (χ2n) is 4.12. The Labute approximate surface area is 95.2 Å². The third-order valence-corrected chi connectivity index (χ3v) is 2.88. The molecule has 2 heteroatoms. The van der Waals surface area contributed by atoms with Crippen LogP contribution in [-0.4, -0.2) is 10.4 Å². The average Bonchev–Trinajstić information content (AvgIpc) is 2.57. The minimum absolute atomic E-state index is 0.0629. The highest BCUT2D eigenvalue weighted by atomic mass is 16.1. The molecule has 82 valence electrons. The largest absolute Gasteiger partial charge is 0.350 e. The van der Waals surface area contributed by atoms with Crippen molar-refractivity contribution >= 4 is 16.7 Å². The van der Waals surface area contributed by atoms with E-state index in [2.05, 4.69) is 29.5 Å². The zero-order valence-corrected chi connectivity index (χ0v) is 9.66. The summed E-state index contributed by atoms with van der Waals surface area (Å²) in [5.74, 6) is 0.0629. The van der Waals surface area contributed by atoms with Crippen molar-refractivity contribution in [2.45, 2.75) is 13.3 Å². The predicted molar refractivity (Wildman–Crippen MR) is 66.4 cm³/mol. The Morgan fingerprint density at radius 3 is 2.75 bits per heavy atom. The third-order valence-electron chi connectivity index (χ3n) is 2.88. The van der Waals surface area contributed by atoms with E-state index < -0.39 is 0 Å². The summed E-state index contributed by atoms with van der Waals surface area (Å²) >= 11 is 0. The molecular formula is C14H15NO. The summed E-state index contributed by atoms with van der Waals surface area (Å²) in [5.41, 5.74) is 3.02. The van der Waals surface area contributed by atoms with E-state index in [1.165, 1.54) is 16.5 Å². The average molecular weight is 213 g/mol. The van der Waals surface area contributed by atoms with Crippen LogP contribution >= 0.6 is 0 Å². The van der Waals surface area contributed by atoms with Crippen LogP contribution in [0.15, 0.2) is 42.6 Å². The van der Waals surface area contributed by atoms with E-state index in [1.807, 2.05) is 19.2 Å². The molecule has 0 aliphatic heterocycles. The summed E-state index contributed by atoms with van der Waals surface area (Å²) in [6.07, 6.45) is 2.70. The minimum Gasteiger partial charge on any atom is -0.350 e. The Balaban J connectivity index is 2.46. The molecule has 0 saturated carbocycles. The summed E-state index contributed by atoms with van der Waals surface area (Å²) in [6.45, 7) is 5.37. The van der Waals surface area contributed by atoms with Gasteiger partial charge in [-0.2, -0.15) is 0 Å². The lowest BCUT2D eigenvalue weighted by molar-refractivity contribution is -0.113. The zero-order valence-electron chi connectivity index (χ0n) is 9.66. The second-order valence-corrected chi connectivity index (χ2v) is 4.12. The number of hydrogen-bond acceptors (Lipinski definition) is 1. The lowest BCUT2D eigenvalue weighted by Crippen LogP contribution is -1.98. The Morgan fingerprint density at radius 2 is 2.06 bits per heavy atom. The van der Waals surface area contributed by atoms with Gasteiger partial charge in [-0.3, -0.25) is 4.79 Å². The zero-order chi connectivity index (χ0) is 11.7. The number of benzene rings is 1. The SMILES string of the molecule is C=C(Cc1cn(C)c2ccccc12)C(C)=O. The summed E-state index contributed by atoms with van der Waals surface area (Å²) in [5, 5.41) is 1.20. The molecule has 0 aliphatic carbocycles. The second kappa shape index (κ2) is 3.97. The number of para-hydroxylation sites is 1. The molecule has 16 heavy (non-hydrogen) atoms. The number of carbonyl (C=O) groups excluding carboxylic acids is 1. The summed E-state index contributed by atoms with van der Waals surface area (Å²) in [4.78, 5) is 11.2. The Kier molecular flexibility index (Phi) is 2.65. The first-order chi connectivity index (χ1) is 7.59. The van der Waals surface area contributed by atoms with Gasteiger partial charge in [0.25, 0.3) is 0 Å². The van der Waals surface area contributed by atoms with Crippen LogP contribution in [0.25, 0.3) is 10.9 Å². The molecule has 0 amide bonds. The molecule has 0 bridgehead atoms. The number of rotatable bonds is 3. The maximum absolute atomic E-state index is 11.2. The van der Waals surface area contributed by atoms with Crippen LogP contribution in [0, 0.1) is 0 Å². The van der Waals surface area contributed by atoms with Crippen molar-refractivity contribution in [3.8, 4) is 0 Å². The number of aromatic nitrogens is 1. The monoisotopic (exact) mass is 213 g/mol. The highest BCUT2D eigenvalue weighted by Crippen LogP contribution is 2.22. The first-order valence-corrected chi connectivity index (χ1v) is 5.31. The van der Waals surface area contributed by atoms with E-state index in [1.54, 1.807) is 6.92 Å². The smallest absolute Gasteiger partial charge is 0.155 e. The van der Waals surface area contributed by atoms with Crippen molar-refractivity contribution in [1.82, 2.24) is 4.57 Å². The Morgan fingerprint density at radius 1 is 1.38 bits per heavy atom. The molecule has 0 aliphatic rings. The maximum atomic E-state index is 11.2. The van der Waals surface area contributed by atoms with Gasteiger partial charge in [-0.1, -0.05) is 24.8 Å². The highest BCUT2D eigenvalue weighted by Gasteiger charge is 2.08. The van der Waals surface area contributed by atoms with Crippen LogP contribution in [0.2, 0.25) is 0 Å². The quantitative estimate of drug-likeness (QED) is 0.718. The van der Waals surface area contributed by atoms with Crippen molar-refractivity contribution in [1.29, 1.82) is 0 Å². The Bertz CT molecular complexity index is 563. The Hall–Kier alpha value is -1.83. The molecule has 2 aromatic rings. The third kappa shape index (κ3) is 1.78. The van der Waals surface area contributed by atoms with E-state index in [0.717, 1.165) is 0 Å². The van der Waals surface area contributed by atoms with E-state index in [-0.39, 0.29) is 5.78 Å². The molecular weight excluding hydrogens is 198 g/mol. The molecule has 0 radical (unpaired) electrons. The van der Waals surface area contributed by atoms with Crippen LogP contribution in [0.3, 0.4) is 0 Å². The lowest BCUT2D eigenvalue weighted by atomic mass is 10.0. The first kappa shape index (κ1) is 10.7. The maximum Gasteiger partial charge on any atom is 0.155 e. The summed E-state index contributed by atoms with van der Waals surface area (Å²) in [6, 6.07) is 8.20.